The lowest BCUT2D eigenvalue weighted by Gasteiger charge is -2.10. The van der Waals surface area contributed by atoms with E-state index in [9.17, 15) is 19.7 Å². The van der Waals surface area contributed by atoms with Gasteiger partial charge in [0.2, 0.25) is 0 Å². The molecule has 0 spiro atoms. The highest BCUT2D eigenvalue weighted by Crippen LogP contribution is 2.31. The molecule has 0 fully saturated rings. The van der Waals surface area contributed by atoms with Gasteiger partial charge in [0.1, 0.15) is 0 Å². The van der Waals surface area contributed by atoms with Crippen molar-refractivity contribution in [1.29, 1.82) is 0 Å². The fourth-order valence-corrected chi connectivity index (χ4v) is 3.38. The number of hydrogen-bond acceptors (Lipinski definition) is 4. The van der Waals surface area contributed by atoms with Gasteiger partial charge in [-0.05, 0) is 11.6 Å². The molecule has 0 saturated carbocycles. The number of nitrogens with zero attached hydrogens (tertiary/aromatic N) is 4. The molecular formula is C20H16N4O4. The van der Waals surface area contributed by atoms with E-state index in [1.165, 1.54) is 23.7 Å². The third-order valence-corrected chi connectivity index (χ3v) is 4.80. The second-order valence-electron chi connectivity index (χ2n) is 6.46. The third kappa shape index (κ3) is 2.54. The van der Waals surface area contributed by atoms with Gasteiger partial charge >= 0.3 is 5.69 Å². The summed E-state index contributed by atoms with van der Waals surface area (Å²) < 4.78 is 4.18. The molecule has 0 bridgehead atoms. The lowest BCUT2D eigenvalue weighted by atomic mass is 10.1. The Balaban J connectivity index is 2.18. The van der Waals surface area contributed by atoms with Gasteiger partial charge in [0.25, 0.3) is 11.2 Å². The second kappa shape index (κ2) is 6.34. The number of nitro groups is 1. The van der Waals surface area contributed by atoms with Crippen molar-refractivity contribution in [2.75, 3.05) is 0 Å². The Morgan fingerprint density at radius 1 is 0.929 bits per heavy atom. The van der Waals surface area contributed by atoms with Gasteiger partial charge in [-0.25, -0.2) is 4.79 Å². The third-order valence-electron chi connectivity index (χ3n) is 4.80. The Morgan fingerprint density at radius 3 is 2.32 bits per heavy atom. The quantitative estimate of drug-likeness (QED) is 0.406. The van der Waals surface area contributed by atoms with Crippen molar-refractivity contribution in [3.63, 3.8) is 0 Å². The summed E-state index contributed by atoms with van der Waals surface area (Å²) in [6, 6.07) is 15.4. The zero-order chi connectivity index (χ0) is 20.0. The molecule has 2 aromatic carbocycles. The van der Waals surface area contributed by atoms with E-state index in [-0.39, 0.29) is 5.69 Å². The molecule has 2 heterocycles. The molecule has 0 radical (unpaired) electrons. The summed E-state index contributed by atoms with van der Waals surface area (Å²) in [5.41, 5.74) is 1.41. The maximum absolute atomic E-state index is 12.9. The van der Waals surface area contributed by atoms with Crippen LogP contribution in [0.15, 0.2) is 70.4 Å². The molecular weight excluding hydrogens is 360 g/mol. The highest BCUT2D eigenvalue weighted by Gasteiger charge is 2.20. The van der Waals surface area contributed by atoms with Gasteiger partial charge in [-0.2, -0.15) is 0 Å². The molecule has 2 aromatic heterocycles. The Morgan fingerprint density at radius 2 is 1.64 bits per heavy atom. The van der Waals surface area contributed by atoms with Gasteiger partial charge in [0.15, 0.2) is 0 Å². The lowest BCUT2D eigenvalue weighted by Crippen LogP contribution is -2.36. The van der Waals surface area contributed by atoms with E-state index < -0.39 is 16.2 Å². The zero-order valence-corrected chi connectivity index (χ0v) is 15.2. The number of benzene rings is 2. The lowest BCUT2D eigenvalue weighted by molar-refractivity contribution is -0.384. The Bertz CT molecular complexity index is 1350. The van der Waals surface area contributed by atoms with Crippen LogP contribution < -0.4 is 11.2 Å². The predicted octanol–water partition coefficient (Wildman–Crippen LogP) is 2.60. The number of aryl methyl sites for hydroxylation is 1. The summed E-state index contributed by atoms with van der Waals surface area (Å²) in [7, 11) is 3.03. The van der Waals surface area contributed by atoms with Crippen molar-refractivity contribution in [2.45, 2.75) is 0 Å². The van der Waals surface area contributed by atoms with Gasteiger partial charge < -0.3 is 4.57 Å². The van der Waals surface area contributed by atoms with E-state index in [1.807, 2.05) is 30.3 Å². The minimum absolute atomic E-state index is 0.0592. The van der Waals surface area contributed by atoms with Crippen molar-refractivity contribution in [3.05, 3.63) is 91.7 Å². The number of non-ortho nitro benzene ring substituents is 1. The highest BCUT2D eigenvalue weighted by atomic mass is 16.6. The van der Waals surface area contributed by atoms with Gasteiger partial charge in [0.05, 0.1) is 27.2 Å². The van der Waals surface area contributed by atoms with Crippen LogP contribution >= 0.6 is 0 Å². The summed E-state index contributed by atoms with van der Waals surface area (Å²) in [5.74, 6) is 0. The Kier molecular flexibility index (Phi) is 3.96. The van der Waals surface area contributed by atoms with Crippen LogP contribution in [-0.4, -0.2) is 18.6 Å². The summed E-state index contributed by atoms with van der Waals surface area (Å²) >= 11 is 0. The van der Waals surface area contributed by atoms with E-state index in [0.717, 1.165) is 10.1 Å². The summed E-state index contributed by atoms with van der Waals surface area (Å²) in [6.07, 6.45) is 1.67. The van der Waals surface area contributed by atoms with Crippen LogP contribution in [0.4, 0.5) is 5.69 Å². The Hall–Kier alpha value is -3.94. The highest BCUT2D eigenvalue weighted by molar-refractivity contribution is 5.94. The summed E-state index contributed by atoms with van der Waals surface area (Å²) in [5, 5.41) is 11.6. The molecule has 0 saturated heterocycles. The van der Waals surface area contributed by atoms with Crippen LogP contribution in [0.3, 0.4) is 0 Å². The van der Waals surface area contributed by atoms with E-state index >= 15 is 0 Å². The molecule has 4 aromatic rings. The fraction of sp³-hybridized carbons (Fsp3) is 0.100. The number of nitro benzene ring substituents is 1. The molecule has 0 unspecified atom stereocenters. The van der Waals surface area contributed by atoms with E-state index in [2.05, 4.69) is 0 Å². The maximum atomic E-state index is 12.9. The molecule has 140 valence electrons. The second-order valence-corrected chi connectivity index (χ2v) is 6.46. The first kappa shape index (κ1) is 17.5. The molecule has 28 heavy (non-hydrogen) atoms. The maximum Gasteiger partial charge on any atom is 0.330 e. The number of fused-ring (bicyclic) bond motifs is 1. The molecule has 8 heteroatoms. The summed E-state index contributed by atoms with van der Waals surface area (Å²) in [4.78, 5) is 36.0. The molecule has 0 aliphatic carbocycles. The van der Waals surface area contributed by atoms with Crippen LogP contribution in [0, 0.1) is 10.1 Å². The number of hydrogen-bond donors (Lipinski definition) is 0. The molecule has 0 amide bonds. The molecule has 0 aliphatic rings. The minimum atomic E-state index is -0.469. The zero-order valence-electron chi connectivity index (χ0n) is 15.2. The van der Waals surface area contributed by atoms with Crippen LogP contribution in [0.5, 0.6) is 0 Å². The van der Waals surface area contributed by atoms with Gasteiger partial charge in [-0.1, -0.05) is 36.4 Å². The van der Waals surface area contributed by atoms with Crippen molar-refractivity contribution < 1.29 is 4.92 Å². The van der Waals surface area contributed by atoms with Crippen molar-refractivity contribution in [3.8, 4) is 16.9 Å². The number of aromatic nitrogens is 3. The first-order chi connectivity index (χ1) is 13.4. The predicted molar refractivity (Wildman–Crippen MR) is 106 cm³/mol. The summed E-state index contributed by atoms with van der Waals surface area (Å²) in [6.45, 7) is 0. The average molecular weight is 376 g/mol. The number of rotatable bonds is 3. The Labute approximate surface area is 158 Å². The first-order valence-corrected chi connectivity index (χ1v) is 8.51. The van der Waals surface area contributed by atoms with E-state index in [4.69, 9.17) is 0 Å². The van der Waals surface area contributed by atoms with Gasteiger partial charge in [-0.3, -0.25) is 24.0 Å². The molecule has 4 rings (SSSR count). The van der Waals surface area contributed by atoms with Gasteiger partial charge in [-0.15, -0.1) is 0 Å². The van der Waals surface area contributed by atoms with Gasteiger partial charge in [0, 0.05) is 32.4 Å². The van der Waals surface area contributed by atoms with E-state index in [1.54, 1.807) is 29.9 Å². The van der Waals surface area contributed by atoms with E-state index in [0.29, 0.717) is 22.3 Å². The molecule has 8 nitrogen and oxygen atoms in total. The molecule has 0 aliphatic heterocycles. The topological polar surface area (TPSA) is 92.1 Å². The van der Waals surface area contributed by atoms with Crippen molar-refractivity contribution >= 4 is 16.6 Å². The normalized spacial score (nSPS) is 11.1. The average Bonchev–Trinajstić information content (AvgIpc) is 3.12. The van der Waals surface area contributed by atoms with Crippen molar-refractivity contribution in [2.24, 2.45) is 14.1 Å². The molecule has 0 atom stereocenters. The van der Waals surface area contributed by atoms with Crippen LogP contribution in [0.1, 0.15) is 0 Å². The minimum Gasteiger partial charge on any atom is -0.313 e. The van der Waals surface area contributed by atoms with Crippen LogP contribution in [0.25, 0.3) is 27.8 Å². The standard InChI is InChI=1S/C20H16N4O4/c1-21-16-12-23(14-9-6-10-15(11-14)24(27)28)18(13-7-4-3-5-8-13)17(16)19(25)22(2)20(21)26/h3-12H,1-2H3. The first-order valence-electron chi connectivity index (χ1n) is 8.51. The fourth-order valence-electron chi connectivity index (χ4n) is 3.38. The molecule has 0 N–H and O–H groups in total. The van der Waals surface area contributed by atoms with Crippen LogP contribution in [0.2, 0.25) is 0 Å². The smallest absolute Gasteiger partial charge is 0.313 e. The SMILES string of the molecule is Cn1c(=O)c2c(-c3ccccc3)n(-c3cccc([N+](=O)[O-])c3)cc2n(C)c1=O. The monoisotopic (exact) mass is 376 g/mol. The van der Waals surface area contributed by atoms with Crippen LogP contribution in [-0.2, 0) is 14.1 Å². The largest absolute Gasteiger partial charge is 0.330 e. The van der Waals surface area contributed by atoms with Crippen molar-refractivity contribution in [1.82, 2.24) is 13.7 Å².